The van der Waals surface area contributed by atoms with Crippen molar-refractivity contribution >= 4 is 5.91 Å². The number of carbonyl (C=O) groups is 1. The van der Waals surface area contributed by atoms with Crippen LogP contribution < -0.4 is 0 Å². The van der Waals surface area contributed by atoms with Crippen LogP contribution in [0.5, 0.6) is 0 Å². The summed E-state index contributed by atoms with van der Waals surface area (Å²) in [6.07, 6.45) is 0.974. The lowest BCUT2D eigenvalue weighted by Gasteiger charge is -2.51. The monoisotopic (exact) mass is 272 g/mol. The van der Waals surface area contributed by atoms with Crippen LogP contribution in [0, 0.1) is 11.3 Å². The van der Waals surface area contributed by atoms with Gasteiger partial charge in [-0.3, -0.25) is 4.79 Å². The van der Waals surface area contributed by atoms with Gasteiger partial charge in [-0.1, -0.05) is 13.5 Å². The quantitative estimate of drug-likeness (QED) is 0.731. The fourth-order valence-electron chi connectivity index (χ4n) is 2.97. The number of rotatable bonds is 4. The van der Waals surface area contributed by atoms with Crippen LogP contribution in [-0.2, 0) is 4.79 Å². The summed E-state index contributed by atoms with van der Waals surface area (Å²) in [6.45, 7) is 8.09. The highest BCUT2D eigenvalue weighted by molar-refractivity contribution is 5.87. The van der Waals surface area contributed by atoms with Crippen LogP contribution in [0.1, 0.15) is 19.8 Å². The summed E-state index contributed by atoms with van der Waals surface area (Å²) in [5, 5.41) is 0. The van der Waals surface area contributed by atoms with Crippen molar-refractivity contribution in [3.05, 3.63) is 12.7 Å². The smallest absolute Gasteiger partial charge is 0.248 e. The molecule has 0 aromatic heterocycles. The average Bonchev–Trinajstić information content (AvgIpc) is 2.34. The SMILES string of the molecule is C=CC(=O)N1CC(CN2CCC(C)CC2)(C(F)F)C1. The Hall–Kier alpha value is -0.970. The molecule has 2 fully saturated rings. The molecule has 0 radical (unpaired) electrons. The molecule has 2 aliphatic heterocycles. The number of nitrogens with zero attached hydrogens (tertiary/aromatic N) is 2. The van der Waals surface area contributed by atoms with E-state index in [4.69, 9.17) is 0 Å². The van der Waals surface area contributed by atoms with Gasteiger partial charge in [0, 0.05) is 19.6 Å². The van der Waals surface area contributed by atoms with E-state index in [-0.39, 0.29) is 19.0 Å². The second kappa shape index (κ2) is 5.57. The summed E-state index contributed by atoms with van der Waals surface area (Å²) in [7, 11) is 0. The molecule has 2 aliphatic rings. The van der Waals surface area contributed by atoms with E-state index in [1.54, 1.807) is 0 Å². The minimum absolute atomic E-state index is 0.154. The van der Waals surface area contributed by atoms with Crippen LogP contribution in [0.3, 0.4) is 0 Å². The molecule has 0 spiro atoms. The number of piperidine rings is 1. The Morgan fingerprint density at radius 1 is 1.42 bits per heavy atom. The van der Waals surface area contributed by atoms with E-state index >= 15 is 0 Å². The number of carbonyl (C=O) groups excluding carboxylic acids is 1. The van der Waals surface area contributed by atoms with Gasteiger partial charge in [0.2, 0.25) is 12.3 Å². The first-order chi connectivity index (χ1) is 8.97. The predicted molar refractivity (Wildman–Crippen MR) is 70.1 cm³/mol. The minimum atomic E-state index is -2.37. The fourth-order valence-corrected chi connectivity index (χ4v) is 2.97. The second-order valence-electron chi connectivity index (χ2n) is 6.02. The Kier molecular flexibility index (Phi) is 4.23. The van der Waals surface area contributed by atoms with Crippen LogP contribution in [-0.4, -0.2) is 54.9 Å². The van der Waals surface area contributed by atoms with Gasteiger partial charge in [-0.05, 0) is 37.9 Å². The summed E-state index contributed by atoms with van der Waals surface area (Å²) in [6, 6.07) is 0. The van der Waals surface area contributed by atoms with Crippen molar-refractivity contribution in [3.8, 4) is 0 Å². The molecule has 3 nitrogen and oxygen atoms in total. The molecule has 5 heteroatoms. The van der Waals surface area contributed by atoms with Crippen LogP contribution in [0.2, 0.25) is 0 Å². The van der Waals surface area contributed by atoms with E-state index in [1.807, 2.05) is 0 Å². The van der Waals surface area contributed by atoms with Crippen molar-refractivity contribution in [1.82, 2.24) is 9.80 Å². The van der Waals surface area contributed by atoms with Crippen molar-refractivity contribution in [3.63, 3.8) is 0 Å². The van der Waals surface area contributed by atoms with Gasteiger partial charge < -0.3 is 9.80 Å². The Morgan fingerprint density at radius 3 is 2.47 bits per heavy atom. The molecule has 0 aromatic rings. The maximum absolute atomic E-state index is 13.3. The number of likely N-dealkylation sites (tertiary alicyclic amines) is 2. The molecule has 0 saturated carbocycles. The topological polar surface area (TPSA) is 23.6 Å². The molecule has 108 valence electrons. The Labute approximate surface area is 113 Å². The maximum atomic E-state index is 13.3. The zero-order chi connectivity index (χ0) is 14.0. The molecule has 19 heavy (non-hydrogen) atoms. The van der Waals surface area contributed by atoms with E-state index in [0.29, 0.717) is 12.5 Å². The van der Waals surface area contributed by atoms with E-state index in [1.165, 1.54) is 11.0 Å². The second-order valence-corrected chi connectivity index (χ2v) is 6.02. The molecule has 1 amide bonds. The fraction of sp³-hybridized carbons (Fsp3) is 0.786. The Bertz CT molecular complexity index is 345. The van der Waals surface area contributed by atoms with E-state index in [2.05, 4.69) is 18.4 Å². The summed E-state index contributed by atoms with van der Waals surface area (Å²) in [5.41, 5.74) is -1.03. The lowest BCUT2D eigenvalue weighted by molar-refractivity contribution is -0.157. The number of hydrogen-bond acceptors (Lipinski definition) is 2. The number of halogens is 2. The van der Waals surface area contributed by atoms with Gasteiger partial charge in [-0.25, -0.2) is 8.78 Å². The molecule has 2 rings (SSSR count). The Morgan fingerprint density at radius 2 is 2.00 bits per heavy atom. The van der Waals surface area contributed by atoms with E-state index < -0.39 is 11.8 Å². The molecular formula is C14H22F2N2O. The summed E-state index contributed by atoms with van der Waals surface area (Å²) in [5.74, 6) is 0.447. The van der Waals surface area contributed by atoms with Crippen molar-refractivity contribution in [1.29, 1.82) is 0 Å². The van der Waals surface area contributed by atoms with Gasteiger partial charge in [-0.2, -0.15) is 0 Å². The first kappa shape index (κ1) is 14.4. The van der Waals surface area contributed by atoms with Crippen LogP contribution in [0.15, 0.2) is 12.7 Å². The Balaban J connectivity index is 1.91. The number of hydrogen-bond donors (Lipinski definition) is 0. The highest BCUT2D eigenvalue weighted by atomic mass is 19.3. The van der Waals surface area contributed by atoms with Crippen molar-refractivity contribution in [2.75, 3.05) is 32.7 Å². The molecule has 0 N–H and O–H groups in total. The first-order valence-corrected chi connectivity index (χ1v) is 6.89. The van der Waals surface area contributed by atoms with Crippen LogP contribution in [0.25, 0.3) is 0 Å². The largest absolute Gasteiger partial charge is 0.337 e. The van der Waals surface area contributed by atoms with Crippen molar-refractivity contribution in [2.45, 2.75) is 26.2 Å². The predicted octanol–water partition coefficient (Wildman–Crippen LogP) is 2.00. The normalized spacial score (nSPS) is 24.3. The molecule has 0 atom stereocenters. The third kappa shape index (κ3) is 2.96. The highest BCUT2D eigenvalue weighted by Crippen LogP contribution is 2.38. The highest BCUT2D eigenvalue weighted by Gasteiger charge is 2.52. The van der Waals surface area contributed by atoms with Crippen molar-refractivity contribution in [2.24, 2.45) is 11.3 Å². The lowest BCUT2D eigenvalue weighted by atomic mass is 9.78. The summed E-state index contributed by atoms with van der Waals surface area (Å²) < 4.78 is 26.6. The molecule has 0 aliphatic carbocycles. The first-order valence-electron chi connectivity index (χ1n) is 6.89. The molecule has 0 unspecified atom stereocenters. The lowest BCUT2D eigenvalue weighted by Crippen LogP contribution is -2.65. The van der Waals surface area contributed by atoms with Crippen molar-refractivity contribution < 1.29 is 13.6 Å². The molecule has 0 bridgehead atoms. The van der Waals surface area contributed by atoms with E-state index in [9.17, 15) is 13.6 Å². The molecule has 2 saturated heterocycles. The van der Waals surface area contributed by atoms with Gasteiger partial charge in [0.15, 0.2) is 0 Å². The van der Waals surface area contributed by atoms with E-state index in [0.717, 1.165) is 25.9 Å². The van der Waals surface area contributed by atoms with Gasteiger partial charge in [0.25, 0.3) is 0 Å². The number of amides is 1. The number of alkyl halides is 2. The third-order valence-electron chi connectivity index (χ3n) is 4.38. The van der Waals surface area contributed by atoms with Gasteiger partial charge in [0.05, 0.1) is 5.41 Å². The summed E-state index contributed by atoms with van der Waals surface area (Å²) in [4.78, 5) is 15.0. The minimum Gasteiger partial charge on any atom is -0.337 e. The van der Waals surface area contributed by atoms with Gasteiger partial charge in [0.1, 0.15) is 0 Å². The molecule has 2 heterocycles. The average molecular weight is 272 g/mol. The van der Waals surface area contributed by atoms with Crippen LogP contribution >= 0.6 is 0 Å². The molecular weight excluding hydrogens is 250 g/mol. The van der Waals surface area contributed by atoms with Gasteiger partial charge in [-0.15, -0.1) is 0 Å². The third-order valence-corrected chi connectivity index (χ3v) is 4.38. The maximum Gasteiger partial charge on any atom is 0.248 e. The van der Waals surface area contributed by atoms with Crippen LogP contribution in [0.4, 0.5) is 8.78 Å². The zero-order valence-corrected chi connectivity index (χ0v) is 11.4. The standard InChI is InChI=1S/C14H22F2N2O/c1-3-12(19)18-9-14(10-18,13(15)16)8-17-6-4-11(2)5-7-17/h3,11,13H,1,4-10H2,2H3. The summed E-state index contributed by atoms with van der Waals surface area (Å²) >= 11 is 0. The molecule has 0 aromatic carbocycles. The zero-order valence-electron chi connectivity index (χ0n) is 11.4. The van der Waals surface area contributed by atoms with Gasteiger partial charge >= 0.3 is 0 Å².